The van der Waals surface area contributed by atoms with Gasteiger partial charge in [0.15, 0.2) is 0 Å². The monoisotopic (exact) mass is 240 g/mol. The maximum absolute atomic E-state index is 5.69. The molecular weight excluding hydrogens is 220 g/mol. The van der Waals surface area contributed by atoms with E-state index in [1.165, 1.54) is 22.3 Å². The lowest BCUT2D eigenvalue weighted by Crippen LogP contribution is -2.02. The van der Waals surface area contributed by atoms with Gasteiger partial charge in [-0.25, -0.2) is 0 Å². The minimum atomic E-state index is 0.364. The average molecular weight is 240 g/mol. The number of hydrogen-bond donors (Lipinski definition) is 2. The van der Waals surface area contributed by atoms with Gasteiger partial charge in [0.1, 0.15) is 0 Å². The molecule has 2 aromatic rings. The summed E-state index contributed by atoms with van der Waals surface area (Å²) < 4.78 is 0. The Morgan fingerprint density at radius 1 is 0.833 bits per heavy atom. The average Bonchev–Trinajstić information content (AvgIpc) is 2.46. The van der Waals surface area contributed by atoms with Crippen LogP contribution < -0.4 is 11.5 Å². The Morgan fingerprint density at radius 2 is 1.28 bits per heavy atom. The molecule has 0 spiro atoms. The fourth-order valence-corrected chi connectivity index (χ4v) is 2.17. The van der Waals surface area contributed by atoms with Crippen LogP contribution in [0.15, 0.2) is 48.5 Å². The van der Waals surface area contributed by atoms with Crippen LogP contribution in [-0.4, -0.2) is 0 Å². The van der Waals surface area contributed by atoms with Crippen molar-refractivity contribution in [2.45, 2.75) is 25.9 Å². The highest BCUT2D eigenvalue weighted by Crippen LogP contribution is 2.25. The fourth-order valence-electron chi connectivity index (χ4n) is 2.17. The van der Waals surface area contributed by atoms with Gasteiger partial charge in [0, 0.05) is 19.0 Å². The third kappa shape index (κ3) is 2.78. The normalized spacial score (nSPS) is 10.9. The second-order valence-electron chi connectivity index (χ2n) is 4.62. The zero-order chi connectivity index (χ0) is 13.0. The van der Waals surface area contributed by atoms with Crippen LogP contribution in [0.5, 0.6) is 0 Å². The second-order valence-corrected chi connectivity index (χ2v) is 4.62. The summed E-state index contributed by atoms with van der Waals surface area (Å²) in [7, 11) is 0. The molecule has 0 bridgehead atoms. The Kier molecular flexibility index (Phi) is 4.13. The van der Waals surface area contributed by atoms with Gasteiger partial charge >= 0.3 is 0 Å². The van der Waals surface area contributed by atoms with Crippen LogP contribution in [0.3, 0.4) is 0 Å². The molecule has 4 N–H and O–H groups in total. The van der Waals surface area contributed by atoms with Crippen LogP contribution in [0, 0.1) is 0 Å². The molecule has 0 fully saturated rings. The minimum Gasteiger partial charge on any atom is -0.326 e. The first-order chi connectivity index (χ1) is 8.74. The van der Waals surface area contributed by atoms with E-state index in [0.717, 1.165) is 0 Å². The van der Waals surface area contributed by atoms with E-state index in [2.05, 4.69) is 55.5 Å². The first-order valence-corrected chi connectivity index (χ1v) is 6.32. The van der Waals surface area contributed by atoms with Crippen molar-refractivity contribution >= 4 is 0 Å². The van der Waals surface area contributed by atoms with Crippen LogP contribution >= 0.6 is 0 Å². The van der Waals surface area contributed by atoms with Gasteiger partial charge in [0.25, 0.3) is 0 Å². The highest BCUT2D eigenvalue weighted by Gasteiger charge is 2.09. The quantitative estimate of drug-likeness (QED) is 0.863. The predicted molar refractivity (Wildman–Crippen MR) is 76.2 cm³/mol. The Balaban J connectivity index is 2.31. The maximum atomic E-state index is 5.69. The van der Waals surface area contributed by atoms with Crippen LogP contribution in [0.2, 0.25) is 0 Å². The van der Waals surface area contributed by atoms with Crippen LogP contribution in [-0.2, 0) is 13.1 Å². The zero-order valence-electron chi connectivity index (χ0n) is 10.8. The molecular formula is C16H20N2. The van der Waals surface area contributed by atoms with Crippen molar-refractivity contribution in [2.75, 3.05) is 0 Å². The molecule has 18 heavy (non-hydrogen) atoms. The SMILES string of the molecule is CC(c1cccc(CN)c1)c1cccc(CN)c1. The molecule has 2 aromatic carbocycles. The summed E-state index contributed by atoms with van der Waals surface area (Å²) in [5, 5.41) is 0. The van der Waals surface area contributed by atoms with Crippen molar-refractivity contribution in [2.24, 2.45) is 11.5 Å². The summed E-state index contributed by atoms with van der Waals surface area (Å²) in [6, 6.07) is 16.9. The van der Waals surface area contributed by atoms with Crippen molar-refractivity contribution in [3.63, 3.8) is 0 Å². The van der Waals surface area contributed by atoms with Gasteiger partial charge < -0.3 is 11.5 Å². The molecule has 2 heteroatoms. The summed E-state index contributed by atoms with van der Waals surface area (Å²) in [5.74, 6) is 0.364. The first-order valence-electron chi connectivity index (χ1n) is 6.32. The van der Waals surface area contributed by atoms with E-state index in [1.54, 1.807) is 0 Å². The summed E-state index contributed by atoms with van der Waals surface area (Å²) in [6.07, 6.45) is 0. The topological polar surface area (TPSA) is 52.0 Å². The number of nitrogens with two attached hydrogens (primary N) is 2. The van der Waals surface area contributed by atoms with E-state index in [0.29, 0.717) is 19.0 Å². The first kappa shape index (κ1) is 12.8. The van der Waals surface area contributed by atoms with Gasteiger partial charge in [-0.2, -0.15) is 0 Å². The second kappa shape index (κ2) is 5.80. The summed E-state index contributed by atoms with van der Waals surface area (Å²) in [5.41, 5.74) is 16.3. The largest absolute Gasteiger partial charge is 0.326 e. The van der Waals surface area contributed by atoms with Gasteiger partial charge in [-0.05, 0) is 22.3 Å². The van der Waals surface area contributed by atoms with Crippen molar-refractivity contribution < 1.29 is 0 Å². The Bertz CT molecular complexity index is 473. The molecule has 0 radical (unpaired) electrons. The predicted octanol–water partition coefficient (Wildman–Crippen LogP) is 2.76. The van der Waals surface area contributed by atoms with E-state index in [-0.39, 0.29) is 0 Å². The van der Waals surface area contributed by atoms with Gasteiger partial charge in [-0.1, -0.05) is 55.5 Å². The third-order valence-electron chi connectivity index (χ3n) is 3.37. The molecule has 0 saturated carbocycles. The Hall–Kier alpha value is -1.64. The van der Waals surface area contributed by atoms with Crippen LogP contribution in [0.25, 0.3) is 0 Å². The highest BCUT2D eigenvalue weighted by atomic mass is 14.5. The maximum Gasteiger partial charge on any atom is 0.0178 e. The molecule has 0 heterocycles. The summed E-state index contributed by atoms with van der Waals surface area (Å²) >= 11 is 0. The minimum absolute atomic E-state index is 0.364. The van der Waals surface area contributed by atoms with Crippen molar-refractivity contribution in [1.82, 2.24) is 0 Å². The number of hydrogen-bond acceptors (Lipinski definition) is 2. The number of benzene rings is 2. The van der Waals surface area contributed by atoms with Gasteiger partial charge in [0.05, 0.1) is 0 Å². The van der Waals surface area contributed by atoms with E-state index in [4.69, 9.17) is 11.5 Å². The zero-order valence-corrected chi connectivity index (χ0v) is 10.8. The molecule has 0 aliphatic heterocycles. The smallest absolute Gasteiger partial charge is 0.0178 e. The van der Waals surface area contributed by atoms with Crippen molar-refractivity contribution in [1.29, 1.82) is 0 Å². The lowest BCUT2D eigenvalue weighted by Gasteiger charge is -2.14. The Morgan fingerprint density at radius 3 is 1.67 bits per heavy atom. The van der Waals surface area contributed by atoms with Crippen molar-refractivity contribution in [3.05, 3.63) is 70.8 Å². The molecule has 94 valence electrons. The van der Waals surface area contributed by atoms with E-state index in [1.807, 2.05) is 0 Å². The standard InChI is InChI=1S/C16H20N2/c1-12(15-6-2-4-13(8-15)10-17)16-7-3-5-14(9-16)11-18/h2-9,12H,10-11,17-18H2,1H3. The third-order valence-corrected chi connectivity index (χ3v) is 3.37. The molecule has 2 nitrogen and oxygen atoms in total. The molecule has 2 rings (SSSR count). The number of rotatable bonds is 4. The summed E-state index contributed by atoms with van der Waals surface area (Å²) in [6.45, 7) is 3.39. The highest BCUT2D eigenvalue weighted by molar-refractivity contribution is 5.36. The van der Waals surface area contributed by atoms with Crippen molar-refractivity contribution in [3.8, 4) is 0 Å². The molecule has 0 amide bonds. The van der Waals surface area contributed by atoms with E-state index >= 15 is 0 Å². The molecule has 0 atom stereocenters. The molecule has 0 aliphatic carbocycles. The summed E-state index contributed by atoms with van der Waals surface area (Å²) in [4.78, 5) is 0. The molecule has 0 unspecified atom stereocenters. The molecule has 0 aliphatic rings. The van der Waals surface area contributed by atoms with Crippen LogP contribution in [0.4, 0.5) is 0 Å². The lowest BCUT2D eigenvalue weighted by molar-refractivity contribution is 0.906. The van der Waals surface area contributed by atoms with E-state index < -0.39 is 0 Å². The van der Waals surface area contributed by atoms with Gasteiger partial charge in [0.2, 0.25) is 0 Å². The van der Waals surface area contributed by atoms with Crippen LogP contribution in [0.1, 0.15) is 35.1 Å². The van der Waals surface area contributed by atoms with E-state index in [9.17, 15) is 0 Å². The fraction of sp³-hybridized carbons (Fsp3) is 0.250. The molecule has 0 saturated heterocycles. The van der Waals surface area contributed by atoms with Gasteiger partial charge in [-0.15, -0.1) is 0 Å². The van der Waals surface area contributed by atoms with Gasteiger partial charge in [-0.3, -0.25) is 0 Å². The lowest BCUT2D eigenvalue weighted by atomic mass is 9.91. The molecule has 0 aromatic heterocycles. The Labute approximate surface area is 109 Å².